The number of urea groups is 1. The summed E-state index contributed by atoms with van der Waals surface area (Å²) in [4.78, 5) is 20.0. The van der Waals surface area contributed by atoms with Crippen LogP contribution in [0.15, 0.2) is 30.3 Å². The first-order valence-corrected chi connectivity index (χ1v) is 7.91. The van der Waals surface area contributed by atoms with Gasteiger partial charge in [0.15, 0.2) is 0 Å². The van der Waals surface area contributed by atoms with E-state index in [2.05, 4.69) is 0 Å². The Labute approximate surface area is 131 Å². The second kappa shape index (κ2) is 5.89. The summed E-state index contributed by atoms with van der Waals surface area (Å²) in [5.74, 6) is 0. The number of likely N-dealkylation sites (tertiary alicyclic amines) is 1. The first-order chi connectivity index (χ1) is 10.5. The van der Waals surface area contributed by atoms with Crippen molar-refractivity contribution in [3.63, 3.8) is 0 Å². The zero-order chi connectivity index (χ0) is 15.7. The molecule has 1 aromatic rings. The monoisotopic (exact) mass is 304 g/mol. The minimum atomic E-state index is -0.238. The largest absolute Gasteiger partial charge is 0.374 e. The van der Waals surface area contributed by atoms with Crippen molar-refractivity contribution >= 4 is 6.03 Å². The van der Waals surface area contributed by atoms with Crippen LogP contribution in [0.4, 0.5) is 4.79 Å². The van der Waals surface area contributed by atoms with E-state index in [4.69, 9.17) is 9.57 Å². The maximum Gasteiger partial charge on any atom is 0.347 e. The van der Waals surface area contributed by atoms with E-state index in [-0.39, 0.29) is 23.9 Å². The highest BCUT2D eigenvalue weighted by molar-refractivity contribution is 5.76. The molecule has 0 aliphatic carbocycles. The first-order valence-electron chi connectivity index (χ1n) is 7.91. The molecule has 2 atom stereocenters. The summed E-state index contributed by atoms with van der Waals surface area (Å²) >= 11 is 0. The second-order valence-corrected chi connectivity index (χ2v) is 6.89. The third-order valence-electron chi connectivity index (χ3n) is 3.99. The third kappa shape index (κ3) is 3.42. The van der Waals surface area contributed by atoms with Crippen molar-refractivity contribution in [1.29, 1.82) is 0 Å². The summed E-state index contributed by atoms with van der Waals surface area (Å²) in [7, 11) is 0. The molecule has 0 aromatic heterocycles. The fourth-order valence-corrected chi connectivity index (χ4v) is 2.77. The number of hydrogen-bond acceptors (Lipinski definition) is 3. The van der Waals surface area contributed by atoms with E-state index in [1.54, 1.807) is 0 Å². The number of hydroxylamine groups is 2. The van der Waals surface area contributed by atoms with Crippen LogP contribution in [0.1, 0.15) is 45.4 Å². The van der Waals surface area contributed by atoms with Gasteiger partial charge in [-0.25, -0.2) is 9.63 Å². The normalized spacial score (nSPS) is 24.7. The molecule has 2 saturated heterocycles. The highest BCUT2D eigenvalue weighted by Crippen LogP contribution is 2.39. The van der Waals surface area contributed by atoms with Crippen LogP contribution < -0.4 is 0 Å². The Morgan fingerprint density at radius 1 is 1.32 bits per heavy atom. The van der Waals surface area contributed by atoms with Gasteiger partial charge in [-0.3, -0.25) is 0 Å². The van der Waals surface area contributed by atoms with Crippen molar-refractivity contribution in [2.45, 2.75) is 51.5 Å². The molecule has 3 rings (SSSR count). The average molecular weight is 304 g/mol. The summed E-state index contributed by atoms with van der Waals surface area (Å²) in [6.45, 7) is 7.46. The highest BCUT2D eigenvalue weighted by Gasteiger charge is 2.47. The molecular formula is C17H24N2O3. The van der Waals surface area contributed by atoms with Crippen LogP contribution in [0.2, 0.25) is 0 Å². The van der Waals surface area contributed by atoms with Gasteiger partial charge in [-0.2, -0.15) is 5.06 Å². The molecule has 2 aliphatic rings. The van der Waals surface area contributed by atoms with Crippen LogP contribution in [0, 0.1) is 0 Å². The van der Waals surface area contributed by atoms with Crippen LogP contribution in [0.5, 0.6) is 0 Å². The van der Waals surface area contributed by atoms with Crippen LogP contribution in [-0.2, 0) is 9.57 Å². The van der Waals surface area contributed by atoms with Crippen molar-refractivity contribution in [2.75, 3.05) is 13.2 Å². The van der Waals surface area contributed by atoms with Crippen LogP contribution in [0.25, 0.3) is 0 Å². The molecule has 2 aliphatic heterocycles. The van der Waals surface area contributed by atoms with E-state index >= 15 is 0 Å². The van der Waals surface area contributed by atoms with Crippen molar-refractivity contribution in [3.8, 4) is 0 Å². The second-order valence-electron chi connectivity index (χ2n) is 6.89. The van der Waals surface area contributed by atoms with Crippen LogP contribution >= 0.6 is 0 Å². The molecule has 22 heavy (non-hydrogen) atoms. The quantitative estimate of drug-likeness (QED) is 0.805. The van der Waals surface area contributed by atoms with E-state index in [0.717, 1.165) is 24.9 Å². The van der Waals surface area contributed by atoms with E-state index in [9.17, 15) is 4.79 Å². The highest BCUT2D eigenvalue weighted by atomic mass is 16.8. The van der Waals surface area contributed by atoms with Gasteiger partial charge >= 0.3 is 6.03 Å². The molecular weight excluding hydrogens is 280 g/mol. The summed E-state index contributed by atoms with van der Waals surface area (Å²) in [6.07, 6.45) is 1.78. The number of carbonyl (C=O) groups excluding carboxylic acids is 1. The lowest BCUT2D eigenvalue weighted by atomic mass is 10.2. The molecule has 5 nitrogen and oxygen atoms in total. The van der Waals surface area contributed by atoms with Gasteiger partial charge in [0.1, 0.15) is 0 Å². The lowest BCUT2D eigenvalue weighted by Gasteiger charge is -2.28. The average Bonchev–Trinajstić information content (AvgIpc) is 3.15. The number of carbonyl (C=O) groups is 1. The maximum atomic E-state index is 12.6. The minimum absolute atomic E-state index is 0.0473. The molecule has 1 aromatic carbocycles. The number of hydrogen-bond donors (Lipinski definition) is 0. The topological polar surface area (TPSA) is 45.1 Å². The fraction of sp³-hybridized carbons (Fsp3) is 0.588. The fourth-order valence-electron chi connectivity index (χ4n) is 2.77. The molecule has 2 unspecified atom stereocenters. The molecule has 120 valence electrons. The minimum Gasteiger partial charge on any atom is -0.374 e. The maximum absolute atomic E-state index is 12.6. The summed E-state index contributed by atoms with van der Waals surface area (Å²) < 4.78 is 5.85. The van der Waals surface area contributed by atoms with Gasteiger partial charge in [0, 0.05) is 12.1 Å². The Morgan fingerprint density at radius 3 is 2.73 bits per heavy atom. The molecule has 0 saturated carbocycles. The predicted molar refractivity (Wildman–Crippen MR) is 82.9 cm³/mol. The van der Waals surface area contributed by atoms with E-state index in [0.29, 0.717) is 6.61 Å². The van der Waals surface area contributed by atoms with E-state index in [1.807, 2.05) is 56.0 Å². The van der Waals surface area contributed by atoms with Gasteiger partial charge in [0.05, 0.1) is 18.2 Å². The van der Waals surface area contributed by atoms with Gasteiger partial charge in [-0.15, -0.1) is 0 Å². The van der Waals surface area contributed by atoms with Gasteiger partial charge in [-0.1, -0.05) is 30.3 Å². The van der Waals surface area contributed by atoms with Gasteiger partial charge in [-0.05, 0) is 33.6 Å². The molecule has 0 N–H and O–H groups in total. The summed E-state index contributed by atoms with van der Waals surface area (Å²) in [5, 5.41) is 1.46. The predicted octanol–water partition coefficient (Wildman–Crippen LogP) is 3.33. The Hall–Kier alpha value is -1.59. The van der Waals surface area contributed by atoms with Crippen molar-refractivity contribution < 1.29 is 14.4 Å². The number of amides is 2. The third-order valence-corrected chi connectivity index (χ3v) is 3.99. The van der Waals surface area contributed by atoms with Crippen LogP contribution in [0.3, 0.4) is 0 Å². The Balaban J connectivity index is 1.58. The molecule has 0 spiro atoms. The SMILES string of the molecule is CC(C)(C)OCC1CCCN1C(=O)N1OC1c1ccccc1. The number of ether oxygens (including phenoxy) is 1. The molecule has 2 amide bonds. The van der Waals surface area contributed by atoms with E-state index < -0.39 is 0 Å². The first kappa shape index (κ1) is 15.3. The van der Waals surface area contributed by atoms with Gasteiger partial charge in [0.25, 0.3) is 0 Å². The Kier molecular flexibility index (Phi) is 4.10. The lowest BCUT2D eigenvalue weighted by molar-refractivity contribution is -0.0252. The van der Waals surface area contributed by atoms with Gasteiger partial charge in [0.2, 0.25) is 6.23 Å². The van der Waals surface area contributed by atoms with E-state index in [1.165, 1.54) is 5.06 Å². The summed E-state index contributed by atoms with van der Waals surface area (Å²) in [5.41, 5.74) is 0.831. The number of nitrogens with zero attached hydrogens (tertiary/aromatic N) is 2. The molecule has 0 bridgehead atoms. The zero-order valence-corrected chi connectivity index (χ0v) is 13.5. The lowest BCUT2D eigenvalue weighted by Crippen LogP contribution is -2.42. The van der Waals surface area contributed by atoms with Crippen molar-refractivity contribution in [1.82, 2.24) is 9.96 Å². The van der Waals surface area contributed by atoms with Crippen LogP contribution in [-0.4, -0.2) is 40.8 Å². The van der Waals surface area contributed by atoms with Crippen molar-refractivity contribution in [3.05, 3.63) is 35.9 Å². The van der Waals surface area contributed by atoms with Crippen molar-refractivity contribution in [2.24, 2.45) is 0 Å². The Morgan fingerprint density at radius 2 is 2.05 bits per heavy atom. The molecule has 0 radical (unpaired) electrons. The molecule has 2 heterocycles. The Bertz CT molecular complexity index is 526. The number of rotatable bonds is 3. The zero-order valence-electron chi connectivity index (χ0n) is 13.5. The van der Waals surface area contributed by atoms with Gasteiger partial charge < -0.3 is 9.64 Å². The standard InChI is InChI=1S/C17H24N2O3/c1-17(2,3)21-12-14-10-7-11-18(14)16(20)19-15(22-19)13-8-5-4-6-9-13/h4-6,8-9,14-15H,7,10-12H2,1-3H3. The smallest absolute Gasteiger partial charge is 0.347 e. The number of benzene rings is 1. The summed E-state index contributed by atoms with van der Waals surface area (Å²) in [6, 6.07) is 9.91. The molecule has 2 fully saturated rings. The molecule has 5 heteroatoms.